The molecule has 5 aromatic rings. The van der Waals surface area contributed by atoms with Crippen molar-refractivity contribution in [2.45, 2.75) is 13.8 Å². The maximum absolute atomic E-state index is 13.6. The first-order valence-corrected chi connectivity index (χ1v) is 10.8. The minimum Gasteiger partial charge on any atom is -0.306 e. The summed E-state index contributed by atoms with van der Waals surface area (Å²) in [5.74, 6) is 0.0999. The fraction of sp³-hybridized carbons (Fsp3) is 0.120. The van der Waals surface area contributed by atoms with Crippen molar-refractivity contribution < 1.29 is 9.72 Å². The van der Waals surface area contributed by atoms with Crippen molar-refractivity contribution in [3.63, 3.8) is 0 Å². The van der Waals surface area contributed by atoms with Gasteiger partial charge >= 0.3 is 0 Å². The van der Waals surface area contributed by atoms with Gasteiger partial charge in [-0.2, -0.15) is 10.2 Å². The predicted octanol–water partition coefficient (Wildman–Crippen LogP) is 4.60. The van der Waals surface area contributed by atoms with Crippen LogP contribution < -0.4 is 5.32 Å². The number of amides is 1. The molecule has 0 unspecified atom stereocenters. The summed E-state index contributed by atoms with van der Waals surface area (Å²) in [6.45, 7) is 3.65. The highest BCUT2D eigenvalue weighted by Gasteiger charge is 2.21. The van der Waals surface area contributed by atoms with Crippen molar-refractivity contribution in [3.8, 4) is 16.9 Å². The molecule has 0 aliphatic carbocycles. The zero-order valence-corrected chi connectivity index (χ0v) is 19.3. The maximum atomic E-state index is 13.6. The van der Waals surface area contributed by atoms with Crippen LogP contribution in [0.4, 0.5) is 11.5 Å². The maximum Gasteiger partial charge on any atom is 0.269 e. The molecule has 0 saturated heterocycles. The van der Waals surface area contributed by atoms with Gasteiger partial charge in [0, 0.05) is 30.8 Å². The number of rotatable bonds is 5. The van der Waals surface area contributed by atoms with Crippen LogP contribution >= 0.6 is 0 Å². The number of carbonyl (C=O) groups is 1. The lowest BCUT2D eigenvalue weighted by Gasteiger charge is -2.11. The van der Waals surface area contributed by atoms with Gasteiger partial charge in [-0.3, -0.25) is 19.6 Å². The third-order valence-electron chi connectivity index (χ3n) is 5.66. The average Bonchev–Trinajstić information content (AvgIpc) is 3.37. The number of aryl methyl sites for hydroxylation is 3. The monoisotopic (exact) mass is 467 g/mol. The van der Waals surface area contributed by atoms with Gasteiger partial charge in [-0.05, 0) is 32.0 Å². The first kappa shape index (κ1) is 22.0. The quantitative estimate of drug-likeness (QED) is 0.298. The summed E-state index contributed by atoms with van der Waals surface area (Å²) >= 11 is 0. The number of carbonyl (C=O) groups excluding carboxylic acids is 1. The number of nitro groups is 1. The SMILES string of the molecule is Cc1cc(NC(=O)c2cc(-c3ccccc3)nc3c2c(C)nn3C)n(-c2ccc([N+](=O)[O-])cc2)n1. The number of nitrogens with one attached hydrogen (secondary N) is 1. The standard InChI is InChI=1S/C25H21N7O3/c1-15-13-22(31(28-15)18-9-11-19(12-10-18)32(34)35)27-25(33)20-14-21(17-7-5-4-6-8-17)26-24-23(20)16(2)29-30(24)3/h4-14H,1-3H3,(H,27,33). The Morgan fingerprint density at radius 2 is 1.71 bits per heavy atom. The number of nitrogens with zero attached hydrogens (tertiary/aromatic N) is 6. The molecular weight excluding hydrogens is 446 g/mol. The molecule has 0 aliphatic rings. The Morgan fingerprint density at radius 3 is 2.40 bits per heavy atom. The highest BCUT2D eigenvalue weighted by Crippen LogP contribution is 2.28. The van der Waals surface area contributed by atoms with E-state index in [-0.39, 0.29) is 11.6 Å². The van der Waals surface area contributed by atoms with Crippen LogP contribution in [0.3, 0.4) is 0 Å². The normalized spacial score (nSPS) is 11.1. The molecule has 0 aliphatic heterocycles. The number of benzene rings is 2. The Labute approximate surface area is 200 Å². The fourth-order valence-electron chi connectivity index (χ4n) is 4.07. The molecular formula is C25H21N7O3. The third kappa shape index (κ3) is 4.01. The second-order valence-electron chi connectivity index (χ2n) is 8.14. The topological polar surface area (TPSA) is 121 Å². The second kappa shape index (κ2) is 8.49. The van der Waals surface area contributed by atoms with Gasteiger partial charge < -0.3 is 5.32 Å². The van der Waals surface area contributed by atoms with Gasteiger partial charge in [0.15, 0.2) is 5.65 Å². The molecule has 2 aromatic carbocycles. The minimum absolute atomic E-state index is 0.0251. The summed E-state index contributed by atoms with van der Waals surface area (Å²) in [6.07, 6.45) is 0. The van der Waals surface area contributed by atoms with Gasteiger partial charge in [0.1, 0.15) is 5.82 Å². The largest absolute Gasteiger partial charge is 0.306 e. The van der Waals surface area contributed by atoms with Crippen LogP contribution in [0.5, 0.6) is 0 Å². The van der Waals surface area contributed by atoms with Gasteiger partial charge in [-0.1, -0.05) is 30.3 Å². The molecule has 1 amide bonds. The number of fused-ring (bicyclic) bond motifs is 1. The number of nitro benzene ring substituents is 1. The van der Waals surface area contributed by atoms with Crippen molar-refractivity contribution in [2.24, 2.45) is 7.05 Å². The lowest BCUT2D eigenvalue weighted by Crippen LogP contribution is -2.16. The van der Waals surface area contributed by atoms with E-state index < -0.39 is 4.92 Å². The molecule has 0 bridgehead atoms. The first-order chi connectivity index (χ1) is 16.8. The van der Waals surface area contributed by atoms with Gasteiger partial charge in [0.05, 0.1) is 38.6 Å². The van der Waals surface area contributed by atoms with Crippen molar-refractivity contribution in [3.05, 3.63) is 93.8 Å². The molecule has 0 saturated carbocycles. The number of non-ortho nitro benzene ring substituents is 1. The van der Waals surface area contributed by atoms with Gasteiger partial charge in [0.25, 0.3) is 11.6 Å². The highest BCUT2D eigenvalue weighted by molar-refractivity contribution is 6.13. The molecule has 0 atom stereocenters. The van der Waals surface area contributed by atoms with Crippen LogP contribution in [0.25, 0.3) is 28.0 Å². The molecule has 5 rings (SSSR count). The summed E-state index contributed by atoms with van der Waals surface area (Å²) in [5, 5.41) is 23.5. The van der Waals surface area contributed by atoms with E-state index in [1.165, 1.54) is 12.1 Å². The van der Waals surface area contributed by atoms with E-state index in [1.807, 2.05) is 37.3 Å². The van der Waals surface area contributed by atoms with Crippen LogP contribution in [0.15, 0.2) is 66.7 Å². The van der Waals surface area contributed by atoms with E-state index in [4.69, 9.17) is 4.98 Å². The number of hydrogen-bond donors (Lipinski definition) is 1. The lowest BCUT2D eigenvalue weighted by atomic mass is 10.0. The number of hydrogen-bond acceptors (Lipinski definition) is 6. The van der Waals surface area contributed by atoms with E-state index in [9.17, 15) is 14.9 Å². The van der Waals surface area contributed by atoms with Crippen LogP contribution in [0.2, 0.25) is 0 Å². The summed E-state index contributed by atoms with van der Waals surface area (Å²) in [7, 11) is 1.80. The Morgan fingerprint density at radius 1 is 1.00 bits per heavy atom. The minimum atomic E-state index is -0.462. The van der Waals surface area contributed by atoms with E-state index in [0.29, 0.717) is 45.2 Å². The van der Waals surface area contributed by atoms with E-state index >= 15 is 0 Å². The van der Waals surface area contributed by atoms with Crippen LogP contribution in [0, 0.1) is 24.0 Å². The molecule has 10 heteroatoms. The summed E-state index contributed by atoms with van der Waals surface area (Å²) in [6, 6.07) is 19.1. The Balaban J connectivity index is 1.58. The first-order valence-electron chi connectivity index (χ1n) is 10.8. The molecule has 35 heavy (non-hydrogen) atoms. The van der Waals surface area contributed by atoms with Gasteiger partial charge in [-0.25, -0.2) is 9.67 Å². The molecule has 3 aromatic heterocycles. The van der Waals surface area contributed by atoms with Crippen LogP contribution in [0.1, 0.15) is 21.7 Å². The predicted molar refractivity (Wildman–Crippen MR) is 132 cm³/mol. The second-order valence-corrected chi connectivity index (χ2v) is 8.14. The van der Waals surface area contributed by atoms with E-state index in [2.05, 4.69) is 15.5 Å². The third-order valence-corrected chi connectivity index (χ3v) is 5.66. The number of anilines is 1. The molecule has 0 fully saturated rings. The smallest absolute Gasteiger partial charge is 0.269 e. The van der Waals surface area contributed by atoms with Gasteiger partial charge in [-0.15, -0.1) is 0 Å². The highest BCUT2D eigenvalue weighted by atomic mass is 16.6. The van der Waals surface area contributed by atoms with E-state index in [0.717, 1.165) is 5.56 Å². The molecule has 174 valence electrons. The van der Waals surface area contributed by atoms with Crippen LogP contribution in [-0.4, -0.2) is 35.4 Å². The van der Waals surface area contributed by atoms with E-state index in [1.54, 1.807) is 47.6 Å². The molecule has 3 heterocycles. The Hall–Kier alpha value is -4.86. The Kier molecular flexibility index (Phi) is 5.33. The zero-order chi connectivity index (χ0) is 24.7. The van der Waals surface area contributed by atoms with Crippen LogP contribution in [-0.2, 0) is 7.05 Å². The molecule has 0 radical (unpaired) electrons. The summed E-state index contributed by atoms with van der Waals surface area (Å²) < 4.78 is 3.21. The molecule has 1 N–H and O–H groups in total. The van der Waals surface area contributed by atoms with Crippen molar-refractivity contribution >= 4 is 28.4 Å². The fourth-order valence-corrected chi connectivity index (χ4v) is 4.07. The lowest BCUT2D eigenvalue weighted by molar-refractivity contribution is -0.384. The zero-order valence-electron chi connectivity index (χ0n) is 19.3. The number of aromatic nitrogens is 5. The van der Waals surface area contributed by atoms with Crippen molar-refractivity contribution in [1.82, 2.24) is 24.5 Å². The average molecular weight is 467 g/mol. The summed E-state index contributed by atoms with van der Waals surface area (Å²) in [4.78, 5) is 28.9. The number of pyridine rings is 1. The molecule has 0 spiro atoms. The summed E-state index contributed by atoms with van der Waals surface area (Å²) in [5.41, 5.74) is 4.52. The van der Waals surface area contributed by atoms with Gasteiger partial charge in [0.2, 0.25) is 0 Å². The molecule has 10 nitrogen and oxygen atoms in total. The van der Waals surface area contributed by atoms with Crippen molar-refractivity contribution in [1.29, 1.82) is 0 Å². The van der Waals surface area contributed by atoms with Crippen molar-refractivity contribution in [2.75, 3.05) is 5.32 Å². The Bertz CT molecular complexity index is 1590.